The van der Waals surface area contributed by atoms with Crippen LogP contribution in [0.3, 0.4) is 0 Å². The molecule has 2 aromatic rings. The molecule has 1 atom stereocenters. The van der Waals surface area contributed by atoms with Crippen molar-refractivity contribution in [3.63, 3.8) is 0 Å². The van der Waals surface area contributed by atoms with Gasteiger partial charge in [-0.2, -0.15) is 0 Å². The highest BCUT2D eigenvalue weighted by Gasteiger charge is 2.26. The number of amides is 2. The van der Waals surface area contributed by atoms with E-state index in [1.54, 1.807) is 19.2 Å². The number of ether oxygens (including phenoxy) is 2. The number of hydrogen-bond donors (Lipinski definition) is 2. The van der Waals surface area contributed by atoms with Crippen molar-refractivity contribution in [1.82, 2.24) is 5.32 Å². The van der Waals surface area contributed by atoms with Gasteiger partial charge in [0.25, 0.3) is 0 Å². The molecule has 0 saturated heterocycles. The van der Waals surface area contributed by atoms with Crippen LogP contribution in [0.4, 0.5) is 5.69 Å². The molecule has 6 heteroatoms. The maximum Gasteiger partial charge on any atom is 0.313 e. The Balaban J connectivity index is 1.70. The molecule has 1 unspecified atom stereocenters. The molecule has 0 saturated carbocycles. The summed E-state index contributed by atoms with van der Waals surface area (Å²) in [5.74, 6) is -0.306. The van der Waals surface area contributed by atoms with Crippen LogP contribution < -0.4 is 20.1 Å². The van der Waals surface area contributed by atoms with Gasteiger partial charge in [-0.05, 0) is 42.5 Å². The second-order valence-corrected chi connectivity index (χ2v) is 6.24. The molecule has 26 heavy (non-hydrogen) atoms. The first kappa shape index (κ1) is 17.8. The molecular formula is C20H22N2O4. The van der Waals surface area contributed by atoms with E-state index in [9.17, 15) is 9.59 Å². The van der Waals surface area contributed by atoms with Crippen LogP contribution in [0.25, 0.3) is 0 Å². The van der Waals surface area contributed by atoms with Gasteiger partial charge in [0.2, 0.25) is 0 Å². The largest absolute Gasteiger partial charge is 0.493 e. The normalized spacial score (nSPS) is 15.1. The van der Waals surface area contributed by atoms with E-state index in [-0.39, 0.29) is 6.04 Å². The molecule has 1 aliphatic carbocycles. The lowest BCUT2D eigenvalue weighted by Crippen LogP contribution is -2.37. The number of carbonyl (C=O) groups excluding carboxylic acids is 2. The zero-order valence-corrected chi connectivity index (χ0v) is 15.1. The fourth-order valence-corrected chi connectivity index (χ4v) is 3.23. The van der Waals surface area contributed by atoms with Crippen LogP contribution in [0.15, 0.2) is 36.4 Å². The molecule has 0 spiro atoms. The van der Waals surface area contributed by atoms with Crippen molar-refractivity contribution < 1.29 is 19.1 Å². The fraction of sp³-hybridized carbons (Fsp3) is 0.300. The van der Waals surface area contributed by atoms with Crippen LogP contribution in [0.2, 0.25) is 0 Å². The molecule has 2 aromatic carbocycles. The number of rotatable bonds is 4. The monoisotopic (exact) mass is 354 g/mol. The number of hydrogen-bond acceptors (Lipinski definition) is 4. The molecule has 0 heterocycles. The Bertz CT molecular complexity index is 848. The van der Waals surface area contributed by atoms with Crippen LogP contribution in [-0.2, 0) is 16.0 Å². The summed E-state index contributed by atoms with van der Waals surface area (Å²) >= 11 is 0. The van der Waals surface area contributed by atoms with Crippen molar-refractivity contribution in [2.24, 2.45) is 0 Å². The lowest BCUT2D eigenvalue weighted by Gasteiger charge is -2.16. The van der Waals surface area contributed by atoms with E-state index in [1.165, 1.54) is 12.7 Å². The standard InChI is InChI=1S/C20H22N2O4/c1-12-10-17(25-2)18(26-3)11-16(12)22-20(24)19(23)21-15-9-8-13-6-4-5-7-14(13)15/h4-7,10-11,15H,8-9H2,1-3H3,(H,21,23)(H,22,24). The number of methoxy groups -OCH3 is 2. The minimum absolute atomic E-state index is 0.129. The van der Waals surface area contributed by atoms with Crippen molar-refractivity contribution in [3.8, 4) is 11.5 Å². The van der Waals surface area contributed by atoms with Gasteiger partial charge in [0, 0.05) is 11.8 Å². The Labute approximate surface area is 152 Å². The minimum atomic E-state index is -0.704. The summed E-state index contributed by atoms with van der Waals surface area (Å²) in [6.07, 6.45) is 1.70. The maximum absolute atomic E-state index is 12.3. The molecule has 0 aromatic heterocycles. The van der Waals surface area contributed by atoms with Gasteiger partial charge < -0.3 is 20.1 Å². The predicted molar refractivity (Wildman–Crippen MR) is 98.6 cm³/mol. The van der Waals surface area contributed by atoms with Crippen LogP contribution in [0.1, 0.15) is 29.2 Å². The summed E-state index contributed by atoms with van der Waals surface area (Å²) in [4.78, 5) is 24.6. The van der Waals surface area contributed by atoms with Gasteiger partial charge in [-0.1, -0.05) is 24.3 Å². The molecule has 2 N–H and O–H groups in total. The average molecular weight is 354 g/mol. The van der Waals surface area contributed by atoms with Crippen molar-refractivity contribution in [3.05, 3.63) is 53.1 Å². The summed E-state index contributed by atoms with van der Waals surface area (Å²) in [6, 6.07) is 11.2. The predicted octanol–water partition coefficient (Wildman–Crippen LogP) is 2.75. The lowest BCUT2D eigenvalue weighted by atomic mass is 10.1. The smallest absolute Gasteiger partial charge is 0.313 e. The Morgan fingerprint density at radius 2 is 1.73 bits per heavy atom. The van der Waals surface area contributed by atoms with Crippen molar-refractivity contribution in [2.45, 2.75) is 25.8 Å². The first-order valence-corrected chi connectivity index (χ1v) is 8.45. The molecule has 2 amide bonds. The summed E-state index contributed by atoms with van der Waals surface area (Å²) < 4.78 is 10.5. The molecule has 136 valence electrons. The second kappa shape index (κ2) is 7.47. The van der Waals surface area contributed by atoms with Gasteiger partial charge in [-0.15, -0.1) is 0 Å². The molecule has 0 aliphatic heterocycles. The summed E-state index contributed by atoms with van der Waals surface area (Å²) in [5, 5.41) is 5.47. The topological polar surface area (TPSA) is 76.7 Å². The van der Waals surface area contributed by atoms with Gasteiger partial charge in [0.15, 0.2) is 11.5 Å². The van der Waals surface area contributed by atoms with E-state index in [0.717, 1.165) is 24.0 Å². The molecule has 1 aliphatic rings. The summed E-state index contributed by atoms with van der Waals surface area (Å²) in [5.41, 5.74) is 3.58. The van der Waals surface area contributed by atoms with Crippen molar-refractivity contribution >= 4 is 17.5 Å². The highest BCUT2D eigenvalue weighted by Crippen LogP contribution is 2.33. The van der Waals surface area contributed by atoms with Gasteiger partial charge in [0.05, 0.1) is 20.3 Å². The van der Waals surface area contributed by atoms with Crippen LogP contribution >= 0.6 is 0 Å². The Morgan fingerprint density at radius 1 is 1.04 bits per heavy atom. The van der Waals surface area contributed by atoms with E-state index in [0.29, 0.717) is 17.2 Å². The van der Waals surface area contributed by atoms with Crippen LogP contribution in [0, 0.1) is 6.92 Å². The summed E-state index contributed by atoms with van der Waals surface area (Å²) in [6.45, 7) is 1.82. The quantitative estimate of drug-likeness (QED) is 0.828. The van der Waals surface area contributed by atoms with E-state index in [4.69, 9.17) is 9.47 Å². The number of anilines is 1. The van der Waals surface area contributed by atoms with Crippen LogP contribution in [0.5, 0.6) is 11.5 Å². The SMILES string of the molecule is COc1cc(C)c(NC(=O)C(=O)NC2CCc3ccccc32)cc1OC. The summed E-state index contributed by atoms with van der Waals surface area (Å²) in [7, 11) is 3.06. The van der Waals surface area contributed by atoms with E-state index in [1.807, 2.05) is 25.1 Å². The zero-order valence-electron chi connectivity index (χ0n) is 15.1. The molecule has 0 fully saturated rings. The third kappa shape index (κ3) is 3.49. The number of nitrogens with one attached hydrogen (secondary N) is 2. The molecule has 0 bridgehead atoms. The van der Waals surface area contributed by atoms with E-state index < -0.39 is 11.8 Å². The average Bonchev–Trinajstić information content (AvgIpc) is 3.05. The van der Waals surface area contributed by atoms with Crippen LogP contribution in [-0.4, -0.2) is 26.0 Å². The number of carbonyl (C=O) groups is 2. The maximum atomic E-state index is 12.3. The fourth-order valence-electron chi connectivity index (χ4n) is 3.23. The van der Waals surface area contributed by atoms with E-state index >= 15 is 0 Å². The molecule has 6 nitrogen and oxygen atoms in total. The molecule has 3 rings (SSSR count). The third-order valence-electron chi connectivity index (χ3n) is 4.62. The number of benzene rings is 2. The third-order valence-corrected chi connectivity index (χ3v) is 4.62. The molecule has 0 radical (unpaired) electrons. The Morgan fingerprint density at radius 3 is 2.46 bits per heavy atom. The number of aryl methyl sites for hydroxylation is 2. The molecular weight excluding hydrogens is 332 g/mol. The van der Waals surface area contributed by atoms with Gasteiger partial charge in [-0.25, -0.2) is 0 Å². The second-order valence-electron chi connectivity index (χ2n) is 6.24. The Kier molecular flexibility index (Phi) is 5.11. The minimum Gasteiger partial charge on any atom is -0.493 e. The highest BCUT2D eigenvalue weighted by atomic mass is 16.5. The van der Waals surface area contributed by atoms with E-state index in [2.05, 4.69) is 16.7 Å². The van der Waals surface area contributed by atoms with Crippen molar-refractivity contribution in [2.75, 3.05) is 19.5 Å². The lowest BCUT2D eigenvalue weighted by molar-refractivity contribution is -0.136. The van der Waals surface area contributed by atoms with Gasteiger partial charge in [0.1, 0.15) is 0 Å². The van der Waals surface area contributed by atoms with Gasteiger partial charge in [-0.3, -0.25) is 9.59 Å². The van der Waals surface area contributed by atoms with Crippen molar-refractivity contribution in [1.29, 1.82) is 0 Å². The van der Waals surface area contributed by atoms with Gasteiger partial charge >= 0.3 is 11.8 Å². The highest BCUT2D eigenvalue weighted by molar-refractivity contribution is 6.39. The first-order chi connectivity index (χ1) is 12.5. The Hall–Kier alpha value is -3.02. The zero-order chi connectivity index (χ0) is 18.7. The first-order valence-electron chi connectivity index (χ1n) is 8.45. The number of fused-ring (bicyclic) bond motifs is 1.